The number of aliphatic hydroxyl groups excluding tert-OH is 1. The van der Waals surface area contributed by atoms with Gasteiger partial charge < -0.3 is 5.11 Å². The summed E-state index contributed by atoms with van der Waals surface area (Å²) < 4.78 is 68.1. The molecule has 0 radical (unpaired) electrons. The Morgan fingerprint density at radius 2 is 1.89 bits per heavy atom. The molecule has 1 unspecified atom stereocenters. The molecule has 1 aliphatic heterocycles. The summed E-state index contributed by atoms with van der Waals surface area (Å²) in [7, 11) is -2.62. The molecule has 2 aromatic rings. The molecule has 1 saturated carbocycles. The first kappa shape index (κ1) is 18.1. The van der Waals surface area contributed by atoms with E-state index < -0.39 is 27.9 Å². The van der Waals surface area contributed by atoms with Gasteiger partial charge in [0.25, 0.3) is 5.92 Å². The van der Waals surface area contributed by atoms with Gasteiger partial charge in [0.05, 0.1) is 18.0 Å². The Morgan fingerprint density at radius 3 is 2.52 bits per heavy atom. The molecule has 1 N–H and O–H groups in total. The van der Waals surface area contributed by atoms with Gasteiger partial charge in [-0.1, -0.05) is 12.1 Å². The fourth-order valence-corrected chi connectivity index (χ4v) is 4.76. The molecule has 1 fully saturated rings. The van der Waals surface area contributed by atoms with Crippen molar-refractivity contribution < 1.29 is 26.7 Å². The van der Waals surface area contributed by atoms with Gasteiger partial charge in [0, 0.05) is 31.5 Å². The quantitative estimate of drug-likeness (QED) is 0.861. The van der Waals surface area contributed by atoms with Crippen LogP contribution in [-0.2, 0) is 16.8 Å². The highest BCUT2D eigenvalue weighted by molar-refractivity contribution is 7.94. The normalized spacial score (nSPS) is 22.0. The minimum atomic E-state index is -3.95. The third kappa shape index (κ3) is 2.85. The molecule has 0 amide bonds. The van der Waals surface area contributed by atoms with E-state index in [0.717, 1.165) is 8.61 Å². The number of alkyl halides is 2. The zero-order valence-electron chi connectivity index (χ0n) is 14.4. The average Bonchev–Trinajstić information content (AvgIpc) is 3.19. The predicted molar refractivity (Wildman–Crippen MR) is 95.5 cm³/mol. The highest BCUT2D eigenvalue weighted by Crippen LogP contribution is 2.51. The Bertz CT molecular complexity index is 1030. The van der Waals surface area contributed by atoms with Gasteiger partial charge in [0.15, 0.2) is 0 Å². The van der Waals surface area contributed by atoms with Gasteiger partial charge in [-0.05, 0) is 35.4 Å². The summed E-state index contributed by atoms with van der Waals surface area (Å²) in [6, 6.07) is 8.74. The Balaban J connectivity index is 1.76. The Labute approximate surface area is 154 Å². The van der Waals surface area contributed by atoms with Crippen LogP contribution in [0.5, 0.6) is 0 Å². The van der Waals surface area contributed by atoms with Crippen molar-refractivity contribution in [3.05, 3.63) is 47.8 Å². The smallest absolute Gasteiger partial charge is 0.326 e. The van der Waals surface area contributed by atoms with Crippen molar-refractivity contribution in [1.29, 1.82) is 0 Å². The molecule has 1 aliphatic carbocycles. The highest BCUT2D eigenvalue weighted by atomic mass is 32.2. The second-order valence-corrected chi connectivity index (χ2v) is 8.73. The van der Waals surface area contributed by atoms with Crippen LogP contribution in [0, 0.1) is 11.7 Å². The molecule has 4 rings (SSSR count). The number of nitrogens with zero attached hydrogens (tertiary/aromatic N) is 2. The van der Waals surface area contributed by atoms with E-state index in [1.807, 2.05) is 0 Å². The standard InChI is InChI=1S/C18H17F3N2O3S/c1-22-17-7-12(14-6-11(10-24)2-4-15(14)19)3-5-16(17)23(27(22,25)26)9-13-8-18(13,20)21/h2-7,13,24H,8-10H2,1H3. The van der Waals surface area contributed by atoms with Gasteiger partial charge in [-0.3, -0.25) is 8.61 Å². The predicted octanol–water partition coefficient (Wildman–Crippen LogP) is 3.14. The topological polar surface area (TPSA) is 60.9 Å². The van der Waals surface area contributed by atoms with E-state index in [9.17, 15) is 26.7 Å². The van der Waals surface area contributed by atoms with Gasteiger partial charge in [-0.25, -0.2) is 13.2 Å². The summed E-state index contributed by atoms with van der Waals surface area (Å²) >= 11 is 0. The van der Waals surface area contributed by atoms with E-state index in [0.29, 0.717) is 22.5 Å². The van der Waals surface area contributed by atoms with Gasteiger partial charge in [-0.15, -0.1) is 0 Å². The van der Waals surface area contributed by atoms with Crippen LogP contribution in [0.3, 0.4) is 0 Å². The Kier molecular flexibility index (Phi) is 3.94. The van der Waals surface area contributed by atoms with Crippen molar-refractivity contribution >= 4 is 21.6 Å². The van der Waals surface area contributed by atoms with Crippen LogP contribution in [-0.4, -0.2) is 33.0 Å². The summed E-state index contributed by atoms with van der Waals surface area (Å²) in [5.41, 5.74) is 1.77. The van der Waals surface area contributed by atoms with Crippen molar-refractivity contribution in [3.8, 4) is 11.1 Å². The maximum absolute atomic E-state index is 14.2. The van der Waals surface area contributed by atoms with Crippen LogP contribution >= 0.6 is 0 Å². The molecule has 1 atom stereocenters. The zero-order chi connectivity index (χ0) is 19.6. The summed E-state index contributed by atoms with van der Waals surface area (Å²) in [4.78, 5) is 0. The van der Waals surface area contributed by atoms with Crippen LogP contribution in [0.2, 0.25) is 0 Å². The van der Waals surface area contributed by atoms with Gasteiger partial charge >= 0.3 is 10.2 Å². The van der Waals surface area contributed by atoms with Crippen LogP contribution in [0.15, 0.2) is 36.4 Å². The number of benzene rings is 2. The molecule has 27 heavy (non-hydrogen) atoms. The summed E-state index contributed by atoms with van der Waals surface area (Å²) in [5, 5.41) is 9.25. The van der Waals surface area contributed by atoms with E-state index in [1.165, 1.54) is 37.4 Å². The Hall–Kier alpha value is -2.26. The second-order valence-electron chi connectivity index (χ2n) is 6.84. The van der Waals surface area contributed by atoms with Gasteiger partial charge in [0.1, 0.15) is 5.82 Å². The highest BCUT2D eigenvalue weighted by Gasteiger charge is 2.59. The van der Waals surface area contributed by atoms with E-state index in [4.69, 9.17) is 0 Å². The molecular weight excluding hydrogens is 381 g/mol. The molecule has 2 aliphatic rings. The maximum atomic E-state index is 14.2. The lowest BCUT2D eigenvalue weighted by atomic mass is 10.0. The number of aliphatic hydroxyl groups is 1. The first-order valence-corrected chi connectivity index (χ1v) is 9.73. The van der Waals surface area contributed by atoms with Crippen LogP contribution in [0.25, 0.3) is 11.1 Å². The summed E-state index contributed by atoms with van der Waals surface area (Å²) in [5.74, 6) is -4.33. The average molecular weight is 398 g/mol. The van der Waals surface area contributed by atoms with Crippen LogP contribution < -0.4 is 8.61 Å². The van der Waals surface area contributed by atoms with E-state index in [2.05, 4.69) is 0 Å². The monoisotopic (exact) mass is 398 g/mol. The number of anilines is 2. The van der Waals surface area contributed by atoms with Crippen molar-refractivity contribution in [3.63, 3.8) is 0 Å². The number of hydrogen-bond acceptors (Lipinski definition) is 3. The number of halogens is 3. The lowest BCUT2D eigenvalue weighted by Gasteiger charge is -2.18. The van der Waals surface area contributed by atoms with Crippen molar-refractivity contribution in [1.82, 2.24) is 0 Å². The second kappa shape index (κ2) is 5.87. The van der Waals surface area contributed by atoms with Crippen molar-refractivity contribution in [2.45, 2.75) is 19.0 Å². The van der Waals surface area contributed by atoms with Gasteiger partial charge in [-0.2, -0.15) is 8.42 Å². The molecule has 2 aromatic carbocycles. The lowest BCUT2D eigenvalue weighted by Crippen LogP contribution is -2.37. The molecular formula is C18H17F3N2O3S. The lowest BCUT2D eigenvalue weighted by molar-refractivity contribution is 0.101. The minimum absolute atomic E-state index is 0.224. The van der Waals surface area contributed by atoms with Gasteiger partial charge in [0.2, 0.25) is 0 Å². The minimum Gasteiger partial charge on any atom is -0.392 e. The summed E-state index contributed by atoms with van der Waals surface area (Å²) in [6.45, 7) is -0.545. The third-order valence-electron chi connectivity index (χ3n) is 5.07. The first-order chi connectivity index (χ1) is 12.6. The van der Waals surface area contributed by atoms with Crippen LogP contribution in [0.1, 0.15) is 12.0 Å². The molecule has 5 nitrogen and oxygen atoms in total. The summed E-state index contributed by atoms with van der Waals surface area (Å²) in [6.07, 6.45) is -0.324. The number of hydrogen-bond donors (Lipinski definition) is 1. The largest absolute Gasteiger partial charge is 0.392 e. The zero-order valence-corrected chi connectivity index (χ0v) is 15.2. The Morgan fingerprint density at radius 1 is 1.19 bits per heavy atom. The molecule has 0 bridgehead atoms. The molecule has 0 aromatic heterocycles. The SMILES string of the molecule is CN1c2cc(-c3cc(CO)ccc3F)ccc2N(CC2CC2(F)F)S1(=O)=O. The van der Waals surface area contributed by atoms with Crippen molar-refractivity contribution in [2.24, 2.45) is 5.92 Å². The van der Waals surface area contributed by atoms with E-state index in [1.54, 1.807) is 6.07 Å². The molecule has 144 valence electrons. The molecule has 1 heterocycles. The number of rotatable bonds is 4. The maximum Gasteiger partial charge on any atom is 0.326 e. The third-order valence-corrected chi connectivity index (χ3v) is 6.87. The molecule has 0 saturated heterocycles. The number of fused-ring (bicyclic) bond motifs is 1. The fraction of sp³-hybridized carbons (Fsp3) is 0.333. The fourth-order valence-electron chi connectivity index (χ4n) is 3.30. The first-order valence-electron chi connectivity index (χ1n) is 8.33. The molecule has 0 spiro atoms. The van der Waals surface area contributed by atoms with Crippen molar-refractivity contribution in [2.75, 3.05) is 22.2 Å². The van der Waals surface area contributed by atoms with E-state index >= 15 is 0 Å². The molecule has 9 heteroatoms. The van der Waals surface area contributed by atoms with E-state index in [-0.39, 0.29) is 25.1 Å². The van der Waals surface area contributed by atoms with Crippen LogP contribution in [0.4, 0.5) is 24.5 Å².